The molecule has 2 aromatic carbocycles. The maximum Gasteiger partial charge on any atom is 0.191 e. The Morgan fingerprint density at radius 3 is 2.42 bits per heavy atom. The Morgan fingerprint density at radius 2 is 1.73 bits per heavy atom. The fraction of sp³-hybridized carbons (Fsp3) is 0.240. The van der Waals surface area contributed by atoms with Crippen LogP contribution in [0.4, 0.5) is 0 Å². The number of ether oxygens (including phenoxy) is 1. The lowest BCUT2D eigenvalue weighted by Gasteiger charge is -2.14. The van der Waals surface area contributed by atoms with Crippen molar-refractivity contribution in [3.63, 3.8) is 0 Å². The molecule has 0 aliphatic heterocycles. The topological polar surface area (TPSA) is 81.3 Å². The largest absolute Gasteiger partial charge is 0.497 e. The first-order chi connectivity index (χ1) is 16.1. The molecule has 8 nitrogen and oxygen atoms in total. The van der Waals surface area contributed by atoms with Crippen LogP contribution in [0.3, 0.4) is 0 Å². The molecule has 0 atom stereocenters. The second-order valence-electron chi connectivity index (χ2n) is 7.70. The molecule has 0 bridgehead atoms. The number of guanidine groups is 1. The number of methoxy groups -OCH3 is 1. The average molecular weight is 444 g/mol. The second-order valence-corrected chi connectivity index (χ2v) is 7.70. The third-order valence-corrected chi connectivity index (χ3v) is 5.32. The fourth-order valence-electron chi connectivity index (χ4n) is 3.65. The molecular formula is C25H29N7O. The lowest BCUT2D eigenvalue weighted by molar-refractivity contribution is 0.414. The van der Waals surface area contributed by atoms with E-state index in [4.69, 9.17) is 4.74 Å². The van der Waals surface area contributed by atoms with Crippen molar-refractivity contribution in [1.29, 1.82) is 0 Å². The summed E-state index contributed by atoms with van der Waals surface area (Å²) >= 11 is 0. The number of nitrogens with one attached hydrogen (secondary N) is 2. The Bertz CT molecular complexity index is 1240. The van der Waals surface area contributed by atoms with Gasteiger partial charge in [0.1, 0.15) is 5.75 Å². The van der Waals surface area contributed by atoms with Gasteiger partial charge in [-0.15, -0.1) is 0 Å². The van der Waals surface area contributed by atoms with Crippen LogP contribution in [0.1, 0.15) is 22.6 Å². The number of aromatic nitrogens is 4. The van der Waals surface area contributed by atoms with E-state index in [1.807, 2.05) is 64.9 Å². The minimum absolute atomic E-state index is 0.557. The fourth-order valence-corrected chi connectivity index (χ4v) is 3.65. The van der Waals surface area contributed by atoms with Crippen LogP contribution < -0.4 is 15.4 Å². The molecule has 4 aromatic rings. The van der Waals surface area contributed by atoms with Gasteiger partial charge in [-0.1, -0.05) is 18.2 Å². The van der Waals surface area contributed by atoms with Crippen molar-refractivity contribution in [3.8, 4) is 17.1 Å². The van der Waals surface area contributed by atoms with Gasteiger partial charge in [0.05, 0.1) is 36.4 Å². The van der Waals surface area contributed by atoms with E-state index in [1.54, 1.807) is 14.2 Å². The monoisotopic (exact) mass is 443 g/mol. The van der Waals surface area contributed by atoms with Gasteiger partial charge in [-0.3, -0.25) is 4.99 Å². The second kappa shape index (κ2) is 10.0. The number of nitrogens with zero attached hydrogens (tertiary/aromatic N) is 5. The van der Waals surface area contributed by atoms with Gasteiger partial charge in [-0.05, 0) is 61.9 Å². The number of aliphatic imine (C=N–C) groups is 1. The van der Waals surface area contributed by atoms with Gasteiger partial charge in [0, 0.05) is 25.5 Å². The van der Waals surface area contributed by atoms with Crippen LogP contribution in [0.25, 0.3) is 11.4 Å². The summed E-state index contributed by atoms with van der Waals surface area (Å²) in [6, 6.07) is 20.1. The molecule has 2 aromatic heterocycles. The molecule has 0 unspecified atom stereocenters. The molecule has 2 N–H and O–H groups in total. The van der Waals surface area contributed by atoms with Crippen LogP contribution in [-0.2, 0) is 13.1 Å². The molecule has 2 heterocycles. The van der Waals surface area contributed by atoms with E-state index < -0.39 is 0 Å². The Morgan fingerprint density at radius 1 is 0.970 bits per heavy atom. The smallest absolute Gasteiger partial charge is 0.191 e. The first-order valence-electron chi connectivity index (χ1n) is 10.8. The summed E-state index contributed by atoms with van der Waals surface area (Å²) in [5.41, 5.74) is 6.19. The van der Waals surface area contributed by atoms with Crippen molar-refractivity contribution >= 4 is 5.96 Å². The predicted octanol–water partition coefficient (Wildman–Crippen LogP) is 3.55. The quantitative estimate of drug-likeness (QED) is 0.337. The maximum atomic E-state index is 5.22. The summed E-state index contributed by atoms with van der Waals surface area (Å²) in [4.78, 5) is 4.35. The standard InChI is InChI=1S/C25H29N7O/c1-18-15-19(2)32(29-18)24-8-6-5-7-20(24)16-27-25(26-3)28-17-21-13-14-31(30-21)22-9-11-23(33-4)12-10-22/h5-15H,16-17H2,1-4H3,(H2,26,27,28). The van der Waals surface area contributed by atoms with Crippen LogP contribution in [0.5, 0.6) is 5.75 Å². The number of benzene rings is 2. The Hall–Kier alpha value is -4.07. The number of hydrogen-bond donors (Lipinski definition) is 2. The molecule has 0 aliphatic rings. The number of para-hydroxylation sites is 1. The van der Waals surface area contributed by atoms with Gasteiger partial charge in [0.15, 0.2) is 5.96 Å². The zero-order valence-electron chi connectivity index (χ0n) is 19.4. The number of rotatable bonds is 7. The summed E-state index contributed by atoms with van der Waals surface area (Å²) in [5, 5.41) is 16.0. The van der Waals surface area contributed by atoms with Gasteiger partial charge >= 0.3 is 0 Å². The van der Waals surface area contributed by atoms with Crippen molar-refractivity contribution in [2.24, 2.45) is 4.99 Å². The third-order valence-electron chi connectivity index (χ3n) is 5.32. The Balaban J connectivity index is 1.38. The van der Waals surface area contributed by atoms with Crippen molar-refractivity contribution in [2.75, 3.05) is 14.2 Å². The van der Waals surface area contributed by atoms with Gasteiger partial charge in [-0.2, -0.15) is 10.2 Å². The first-order valence-corrected chi connectivity index (χ1v) is 10.8. The van der Waals surface area contributed by atoms with E-state index in [2.05, 4.69) is 50.9 Å². The van der Waals surface area contributed by atoms with Crippen LogP contribution in [-0.4, -0.2) is 39.7 Å². The van der Waals surface area contributed by atoms with E-state index in [0.29, 0.717) is 19.0 Å². The SMILES string of the molecule is CN=C(NCc1ccn(-c2ccc(OC)cc2)n1)NCc1ccccc1-n1nc(C)cc1C. The van der Waals surface area contributed by atoms with Crippen molar-refractivity contribution in [1.82, 2.24) is 30.2 Å². The normalized spacial score (nSPS) is 11.5. The van der Waals surface area contributed by atoms with Crippen LogP contribution in [0.2, 0.25) is 0 Å². The zero-order valence-corrected chi connectivity index (χ0v) is 19.4. The molecule has 0 aliphatic carbocycles. The van der Waals surface area contributed by atoms with E-state index in [0.717, 1.165) is 39.8 Å². The number of aryl methyl sites for hydroxylation is 2. The zero-order chi connectivity index (χ0) is 23.2. The highest BCUT2D eigenvalue weighted by molar-refractivity contribution is 5.79. The van der Waals surface area contributed by atoms with E-state index in [-0.39, 0.29) is 0 Å². The minimum atomic E-state index is 0.557. The molecule has 0 saturated carbocycles. The highest BCUT2D eigenvalue weighted by Gasteiger charge is 2.10. The highest BCUT2D eigenvalue weighted by Crippen LogP contribution is 2.17. The molecule has 0 fully saturated rings. The highest BCUT2D eigenvalue weighted by atomic mass is 16.5. The first kappa shape index (κ1) is 22.1. The molecule has 0 radical (unpaired) electrons. The summed E-state index contributed by atoms with van der Waals surface area (Å²) in [6.45, 7) is 5.25. The maximum absolute atomic E-state index is 5.22. The minimum Gasteiger partial charge on any atom is -0.497 e. The van der Waals surface area contributed by atoms with Gasteiger partial charge in [0.25, 0.3) is 0 Å². The lowest BCUT2D eigenvalue weighted by atomic mass is 10.1. The molecule has 33 heavy (non-hydrogen) atoms. The van der Waals surface area contributed by atoms with Crippen molar-refractivity contribution in [3.05, 3.63) is 89.5 Å². The van der Waals surface area contributed by atoms with Crippen molar-refractivity contribution < 1.29 is 4.74 Å². The average Bonchev–Trinajstić information content (AvgIpc) is 3.45. The van der Waals surface area contributed by atoms with E-state index >= 15 is 0 Å². The Labute approximate surface area is 193 Å². The molecule has 0 saturated heterocycles. The van der Waals surface area contributed by atoms with Crippen molar-refractivity contribution in [2.45, 2.75) is 26.9 Å². The molecule has 4 rings (SSSR count). The molecule has 0 amide bonds. The number of hydrogen-bond acceptors (Lipinski definition) is 4. The summed E-state index contributed by atoms with van der Waals surface area (Å²) < 4.78 is 9.04. The van der Waals surface area contributed by atoms with Gasteiger partial charge < -0.3 is 15.4 Å². The van der Waals surface area contributed by atoms with E-state index in [1.165, 1.54) is 0 Å². The summed E-state index contributed by atoms with van der Waals surface area (Å²) in [7, 11) is 3.42. The summed E-state index contributed by atoms with van der Waals surface area (Å²) in [5.74, 6) is 1.53. The molecular weight excluding hydrogens is 414 g/mol. The van der Waals surface area contributed by atoms with Gasteiger partial charge in [0.2, 0.25) is 0 Å². The van der Waals surface area contributed by atoms with E-state index in [9.17, 15) is 0 Å². The summed E-state index contributed by atoms with van der Waals surface area (Å²) in [6.07, 6.45) is 1.94. The van der Waals surface area contributed by atoms with Crippen LogP contribution >= 0.6 is 0 Å². The lowest BCUT2D eigenvalue weighted by Crippen LogP contribution is -2.36. The molecule has 0 spiro atoms. The van der Waals surface area contributed by atoms with Gasteiger partial charge in [-0.25, -0.2) is 9.36 Å². The van der Waals surface area contributed by atoms with Crippen LogP contribution in [0, 0.1) is 13.8 Å². The predicted molar refractivity (Wildman–Crippen MR) is 130 cm³/mol. The molecule has 170 valence electrons. The Kier molecular flexibility index (Phi) is 6.73. The van der Waals surface area contributed by atoms with Crippen LogP contribution in [0.15, 0.2) is 71.9 Å². The third kappa shape index (κ3) is 5.23. The molecule has 8 heteroatoms.